The van der Waals surface area contributed by atoms with E-state index in [0.29, 0.717) is 11.4 Å². The fourth-order valence-electron chi connectivity index (χ4n) is 2.07. The van der Waals surface area contributed by atoms with E-state index in [9.17, 15) is 8.42 Å². The molecule has 2 aromatic carbocycles. The summed E-state index contributed by atoms with van der Waals surface area (Å²) in [5.41, 5.74) is 3.27. The first kappa shape index (κ1) is 15.4. The fraction of sp³-hybridized carbons (Fsp3) is 0.250. The first-order valence-corrected chi connectivity index (χ1v) is 8.06. The molecule has 0 atom stereocenters. The molecule has 5 heteroatoms. The SMILES string of the molecule is COc1ccc(S(=O)(=O)Nc2cc(C)ccc2C)cc1C. The zero-order chi connectivity index (χ0) is 15.6. The molecule has 0 unspecified atom stereocenters. The third-order valence-electron chi connectivity index (χ3n) is 3.31. The van der Waals surface area contributed by atoms with Crippen molar-refractivity contribution in [2.45, 2.75) is 25.7 Å². The van der Waals surface area contributed by atoms with E-state index < -0.39 is 10.0 Å². The van der Waals surface area contributed by atoms with Crippen molar-refractivity contribution >= 4 is 15.7 Å². The van der Waals surface area contributed by atoms with Crippen LogP contribution >= 0.6 is 0 Å². The molecule has 0 heterocycles. The normalized spacial score (nSPS) is 11.2. The highest BCUT2D eigenvalue weighted by Crippen LogP contribution is 2.24. The molecule has 0 aliphatic heterocycles. The number of hydrogen-bond donors (Lipinski definition) is 1. The van der Waals surface area contributed by atoms with Crippen LogP contribution in [0.2, 0.25) is 0 Å². The van der Waals surface area contributed by atoms with Crippen molar-refractivity contribution in [3.05, 3.63) is 53.1 Å². The standard InChI is InChI=1S/C16H19NO3S/c1-11-5-6-12(2)15(9-11)17-21(18,19)14-7-8-16(20-4)13(3)10-14/h5-10,17H,1-4H3. The number of methoxy groups -OCH3 is 1. The molecule has 4 nitrogen and oxygen atoms in total. The third-order valence-corrected chi connectivity index (χ3v) is 4.68. The summed E-state index contributed by atoms with van der Waals surface area (Å²) >= 11 is 0. The molecule has 0 fully saturated rings. The summed E-state index contributed by atoms with van der Waals surface area (Å²) in [6, 6.07) is 10.5. The first-order chi connectivity index (χ1) is 9.83. The molecule has 2 aromatic rings. The number of rotatable bonds is 4. The van der Waals surface area contributed by atoms with Gasteiger partial charge in [-0.25, -0.2) is 8.42 Å². The number of anilines is 1. The summed E-state index contributed by atoms with van der Waals surface area (Å²) in [4.78, 5) is 0.224. The maximum atomic E-state index is 12.5. The van der Waals surface area contributed by atoms with E-state index >= 15 is 0 Å². The van der Waals surface area contributed by atoms with Crippen molar-refractivity contribution in [3.8, 4) is 5.75 Å². The van der Waals surface area contributed by atoms with Gasteiger partial charge in [-0.3, -0.25) is 4.72 Å². The van der Waals surface area contributed by atoms with Gasteiger partial charge in [0.2, 0.25) is 0 Å². The maximum absolute atomic E-state index is 12.5. The lowest BCUT2D eigenvalue weighted by Gasteiger charge is -2.12. The topological polar surface area (TPSA) is 55.4 Å². The van der Waals surface area contributed by atoms with Gasteiger partial charge < -0.3 is 4.74 Å². The van der Waals surface area contributed by atoms with Crippen LogP contribution in [-0.2, 0) is 10.0 Å². The van der Waals surface area contributed by atoms with Crippen molar-refractivity contribution < 1.29 is 13.2 Å². The second-order valence-corrected chi connectivity index (χ2v) is 6.74. The third kappa shape index (κ3) is 3.36. The van der Waals surface area contributed by atoms with E-state index in [1.54, 1.807) is 25.3 Å². The van der Waals surface area contributed by atoms with Gasteiger partial charge in [0.1, 0.15) is 5.75 Å². The Kier molecular flexibility index (Phi) is 4.23. The van der Waals surface area contributed by atoms with Gasteiger partial charge in [-0.2, -0.15) is 0 Å². The van der Waals surface area contributed by atoms with Crippen LogP contribution in [-0.4, -0.2) is 15.5 Å². The highest BCUT2D eigenvalue weighted by Gasteiger charge is 2.16. The zero-order valence-corrected chi connectivity index (χ0v) is 13.4. The van der Waals surface area contributed by atoms with Gasteiger partial charge in [-0.15, -0.1) is 0 Å². The fourth-order valence-corrected chi connectivity index (χ4v) is 3.27. The lowest BCUT2D eigenvalue weighted by atomic mass is 10.1. The number of ether oxygens (including phenoxy) is 1. The summed E-state index contributed by atoms with van der Waals surface area (Å²) in [5, 5.41) is 0. The predicted octanol–water partition coefficient (Wildman–Crippen LogP) is 3.42. The average Bonchev–Trinajstić information content (AvgIpc) is 2.42. The van der Waals surface area contributed by atoms with Crippen LogP contribution in [0.3, 0.4) is 0 Å². The first-order valence-electron chi connectivity index (χ1n) is 6.58. The molecule has 0 aliphatic carbocycles. The Labute approximate surface area is 125 Å². The lowest BCUT2D eigenvalue weighted by molar-refractivity contribution is 0.411. The van der Waals surface area contributed by atoms with Gasteiger partial charge in [0, 0.05) is 0 Å². The van der Waals surface area contributed by atoms with Crippen LogP contribution < -0.4 is 9.46 Å². The molecule has 1 N–H and O–H groups in total. The van der Waals surface area contributed by atoms with Crippen LogP contribution in [0, 0.1) is 20.8 Å². The van der Waals surface area contributed by atoms with Gasteiger partial charge in [-0.1, -0.05) is 12.1 Å². The van der Waals surface area contributed by atoms with Crippen LogP contribution in [0.25, 0.3) is 0 Å². The molecule has 0 radical (unpaired) electrons. The van der Waals surface area contributed by atoms with Gasteiger partial charge in [0.15, 0.2) is 0 Å². The van der Waals surface area contributed by atoms with Crippen molar-refractivity contribution in [1.82, 2.24) is 0 Å². The van der Waals surface area contributed by atoms with Crippen LogP contribution in [0.4, 0.5) is 5.69 Å². The summed E-state index contributed by atoms with van der Waals surface area (Å²) in [5.74, 6) is 0.667. The minimum Gasteiger partial charge on any atom is -0.496 e. The molecular formula is C16H19NO3S. The summed E-state index contributed by atoms with van der Waals surface area (Å²) in [6.07, 6.45) is 0. The molecule has 21 heavy (non-hydrogen) atoms. The Morgan fingerprint density at radius 2 is 1.67 bits per heavy atom. The van der Waals surface area contributed by atoms with E-state index in [2.05, 4.69) is 4.72 Å². The van der Waals surface area contributed by atoms with E-state index in [0.717, 1.165) is 16.7 Å². The Morgan fingerprint density at radius 1 is 0.952 bits per heavy atom. The van der Waals surface area contributed by atoms with Crippen molar-refractivity contribution in [2.75, 3.05) is 11.8 Å². The lowest BCUT2D eigenvalue weighted by Crippen LogP contribution is -2.14. The molecule has 0 aliphatic rings. The average molecular weight is 305 g/mol. The Balaban J connectivity index is 2.38. The summed E-state index contributed by atoms with van der Waals surface area (Å²) in [7, 11) is -2.05. The Bertz CT molecular complexity index is 767. The highest BCUT2D eigenvalue weighted by molar-refractivity contribution is 7.92. The molecule has 112 valence electrons. The largest absolute Gasteiger partial charge is 0.496 e. The molecule has 0 amide bonds. The van der Waals surface area contributed by atoms with Crippen LogP contribution in [0.15, 0.2) is 41.3 Å². The van der Waals surface area contributed by atoms with Gasteiger partial charge in [0.05, 0.1) is 17.7 Å². The van der Waals surface area contributed by atoms with E-state index in [1.165, 1.54) is 0 Å². The number of hydrogen-bond acceptors (Lipinski definition) is 3. The zero-order valence-electron chi connectivity index (χ0n) is 12.6. The molecule has 0 aromatic heterocycles. The number of sulfonamides is 1. The number of nitrogens with one attached hydrogen (secondary N) is 1. The van der Waals surface area contributed by atoms with E-state index in [4.69, 9.17) is 4.74 Å². The number of aryl methyl sites for hydroxylation is 3. The van der Waals surface area contributed by atoms with Crippen LogP contribution in [0.1, 0.15) is 16.7 Å². The molecule has 0 saturated carbocycles. The van der Waals surface area contributed by atoms with Crippen LogP contribution in [0.5, 0.6) is 5.75 Å². The van der Waals surface area contributed by atoms with E-state index in [1.807, 2.05) is 39.0 Å². The van der Waals surface area contributed by atoms with Crippen molar-refractivity contribution in [1.29, 1.82) is 0 Å². The highest BCUT2D eigenvalue weighted by atomic mass is 32.2. The Hall–Kier alpha value is -2.01. The monoisotopic (exact) mass is 305 g/mol. The second-order valence-electron chi connectivity index (χ2n) is 5.06. The predicted molar refractivity (Wildman–Crippen MR) is 84.5 cm³/mol. The second kappa shape index (κ2) is 5.77. The van der Waals surface area contributed by atoms with Crippen molar-refractivity contribution in [3.63, 3.8) is 0 Å². The molecule has 0 bridgehead atoms. The molecular weight excluding hydrogens is 286 g/mol. The minimum atomic E-state index is -3.61. The Morgan fingerprint density at radius 3 is 2.29 bits per heavy atom. The van der Waals surface area contributed by atoms with Gasteiger partial charge >= 0.3 is 0 Å². The summed E-state index contributed by atoms with van der Waals surface area (Å²) in [6.45, 7) is 5.61. The molecule has 2 rings (SSSR count). The summed E-state index contributed by atoms with van der Waals surface area (Å²) < 4.78 is 32.7. The van der Waals surface area contributed by atoms with E-state index in [-0.39, 0.29) is 4.90 Å². The van der Waals surface area contributed by atoms with Crippen molar-refractivity contribution in [2.24, 2.45) is 0 Å². The maximum Gasteiger partial charge on any atom is 0.261 e. The molecule has 0 saturated heterocycles. The van der Waals surface area contributed by atoms with Gasteiger partial charge in [0.25, 0.3) is 10.0 Å². The number of benzene rings is 2. The molecule has 0 spiro atoms. The smallest absolute Gasteiger partial charge is 0.261 e. The quantitative estimate of drug-likeness (QED) is 0.941. The minimum absolute atomic E-state index is 0.224. The van der Waals surface area contributed by atoms with Gasteiger partial charge in [-0.05, 0) is 61.7 Å².